The van der Waals surface area contributed by atoms with Gasteiger partial charge in [-0.25, -0.2) is 4.79 Å². The van der Waals surface area contributed by atoms with E-state index in [9.17, 15) is 14.4 Å². The van der Waals surface area contributed by atoms with Crippen LogP contribution in [0.5, 0.6) is 5.75 Å². The first-order valence-electron chi connectivity index (χ1n) is 10.1. The van der Waals surface area contributed by atoms with E-state index in [1.165, 1.54) is 5.19 Å². The SMILES string of the molecule is COc1ccc(C(NC(=O)Cc2noc(=O)[nH]2)C(=O)Nc2ccc([Si](C)(C)C)cc2)cc1. The molecule has 3 rings (SSSR count). The Labute approximate surface area is 186 Å². The number of carbonyl (C=O) groups is 2. The summed E-state index contributed by atoms with van der Waals surface area (Å²) in [5.41, 5.74) is 1.20. The number of aromatic amines is 1. The molecule has 1 aromatic heterocycles. The van der Waals surface area contributed by atoms with E-state index in [1.54, 1.807) is 31.4 Å². The molecule has 32 heavy (non-hydrogen) atoms. The van der Waals surface area contributed by atoms with Gasteiger partial charge in [0.05, 0.1) is 21.6 Å². The summed E-state index contributed by atoms with van der Waals surface area (Å²) < 4.78 is 9.58. The first-order chi connectivity index (χ1) is 15.2. The number of methoxy groups -OCH3 is 1. The van der Waals surface area contributed by atoms with Gasteiger partial charge in [0.25, 0.3) is 5.91 Å². The lowest BCUT2D eigenvalue weighted by molar-refractivity contribution is -0.126. The number of carbonyl (C=O) groups excluding carboxylic acids is 2. The Morgan fingerprint density at radius 3 is 2.28 bits per heavy atom. The highest BCUT2D eigenvalue weighted by Gasteiger charge is 2.24. The van der Waals surface area contributed by atoms with Gasteiger partial charge in [0, 0.05) is 5.69 Å². The van der Waals surface area contributed by atoms with Crippen LogP contribution >= 0.6 is 0 Å². The topological polar surface area (TPSA) is 126 Å². The molecule has 0 saturated carbocycles. The molecule has 0 aliphatic rings. The molecule has 3 aromatic rings. The second-order valence-corrected chi connectivity index (χ2v) is 13.4. The average Bonchev–Trinajstić information content (AvgIpc) is 3.16. The Balaban J connectivity index is 1.79. The molecule has 0 saturated heterocycles. The zero-order valence-electron chi connectivity index (χ0n) is 18.4. The number of nitrogens with zero attached hydrogens (tertiary/aromatic N) is 1. The molecule has 0 fully saturated rings. The summed E-state index contributed by atoms with van der Waals surface area (Å²) in [5, 5.41) is 10.3. The van der Waals surface area contributed by atoms with E-state index in [1.807, 2.05) is 24.3 Å². The number of H-pyrrole nitrogens is 1. The van der Waals surface area contributed by atoms with Crippen LogP contribution in [-0.2, 0) is 16.0 Å². The summed E-state index contributed by atoms with van der Waals surface area (Å²) in [6.07, 6.45) is -0.240. The molecule has 1 unspecified atom stereocenters. The molecular formula is C22H26N4O5Si. The van der Waals surface area contributed by atoms with E-state index < -0.39 is 31.7 Å². The molecule has 9 nitrogen and oxygen atoms in total. The summed E-state index contributed by atoms with van der Waals surface area (Å²) in [6.45, 7) is 6.74. The van der Waals surface area contributed by atoms with E-state index in [2.05, 4.69) is 44.9 Å². The monoisotopic (exact) mass is 454 g/mol. The van der Waals surface area contributed by atoms with Crippen molar-refractivity contribution in [3.8, 4) is 5.75 Å². The van der Waals surface area contributed by atoms with Gasteiger partial charge in [-0.3, -0.25) is 19.1 Å². The smallest absolute Gasteiger partial charge is 0.438 e. The maximum absolute atomic E-state index is 13.1. The maximum Gasteiger partial charge on any atom is 0.438 e. The van der Waals surface area contributed by atoms with Crippen molar-refractivity contribution in [1.82, 2.24) is 15.5 Å². The van der Waals surface area contributed by atoms with E-state index in [0.717, 1.165) is 0 Å². The fraction of sp³-hybridized carbons (Fsp3) is 0.273. The number of aromatic nitrogens is 2. The highest BCUT2D eigenvalue weighted by atomic mass is 28.3. The number of anilines is 1. The number of amides is 2. The molecule has 0 aliphatic heterocycles. The predicted molar refractivity (Wildman–Crippen MR) is 123 cm³/mol. The van der Waals surface area contributed by atoms with Crippen molar-refractivity contribution in [3.63, 3.8) is 0 Å². The predicted octanol–water partition coefficient (Wildman–Crippen LogP) is 1.96. The zero-order chi connectivity index (χ0) is 23.3. The molecule has 0 radical (unpaired) electrons. The lowest BCUT2D eigenvalue weighted by atomic mass is 10.1. The quantitative estimate of drug-likeness (QED) is 0.447. The summed E-state index contributed by atoms with van der Waals surface area (Å²) in [4.78, 5) is 39.0. The lowest BCUT2D eigenvalue weighted by Gasteiger charge is -2.20. The van der Waals surface area contributed by atoms with Gasteiger partial charge >= 0.3 is 5.76 Å². The maximum atomic E-state index is 13.1. The summed E-state index contributed by atoms with van der Waals surface area (Å²) in [5.74, 6) is -0.957. The van der Waals surface area contributed by atoms with Crippen LogP contribution in [-0.4, -0.2) is 37.1 Å². The van der Waals surface area contributed by atoms with Gasteiger partial charge in [0.2, 0.25) is 5.91 Å². The standard InChI is InChI=1S/C22H26N4O5Si/c1-30-16-9-5-14(6-10-16)20(25-19(27)13-18-24-22(29)31-26-18)21(28)23-15-7-11-17(12-8-15)32(2,3)4/h5-12,20H,13H2,1-4H3,(H,23,28)(H,25,27)(H,24,26,29). The molecule has 1 atom stereocenters. The number of ether oxygens (including phenoxy) is 1. The molecule has 1 heterocycles. The fourth-order valence-electron chi connectivity index (χ4n) is 3.07. The van der Waals surface area contributed by atoms with Gasteiger partial charge in [-0.1, -0.05) is 54.2 Å². The minimum Gasteiger partial charge on any atom is -0.497 e. The number of nitrogens with one attached hydrogen (secondary N) is 3. The Bertz CT molecular complexity index is 1130. The number of hydrogen-bond donors (Lipinski definition) is 3. The number of benzene rings is 2. The third-order valence-corrected chi connectivity index (χ3v) is 6.91. The Kier molecular flexibility index (Phi) is 6.94. The van der Waals surface area contributed by atoms with E-state index in [-0.39, 0.29) is 12.2 Å². The number of rotatable bonds is 8. The Morgan fingerprint density at radius 1 is 1.09 bits per heavy atom. The molecule has 0 aliphatic carbocycles. The van der Waals surface area contributed by atoms with Gasteiger partial charge in [-0.15, -0.1) is 0 Å². The van der Waals surface area contributed by atoms with Gasteiger partial charge in [-0.2, -0.15) is 0 Å². The van der Waals surface area contributed by atoms with E-state index in [0.29, 0.717) is 17.0 Å². The van der Waals surface area contributed by atoms with Crippen LogP contribution in [0.1, 0.15) is 17.4 Å². The molecule has 10 heteroatoms. The Hall–Kier alpha value is -3.66. The van der Waals surface area contributed by atoms with Crippen molar-refractivity contribution >= 4 is 30.8 Å². The largest absolute Gasteiger partial charge is 0.497 e. The van der Waals surface area contributed by atoms with Crippen LogP contribution in [0, 0.1) is 0 Å². The average molecular weight is 455 g/mol. The first-order valence-corrected chi connectivity index (χ1v) is 13.6. The van der Waals surface area contributed by atoms with Crippen LogP contribution in [0.15, 0.2) is 57.8 Å². The van der Waals surface area contributed by atoms with Crippen molar-refractivity contribution in [2.45, 2.75) is 32.1 Å². The van der Waals surface area contributed by atoms with Gasteiger partial charge < -0.3 is 15.4 Å². The highest BCUT2D eigenvalue weighted by Crippen LogP contribution is 2.20. The summed E-state index contributed by atoms with van der Waals surface area (Å²) in [7, 11) is 0.0880. The van der Waals surface area contributed by atoms with E-state index in [4.69, 9.17) is 4.74 Å². The number of hydrogen-bond acceptors (Lipinski definition) is 6. The third-order valence-electron chi connectivity index (χ3n) is 4.85. The minimum atomic E-state index is -1.46. The summed E-state index contributed by atoms with van der Waals surface area (Å²) in [6, 6.07) is 13.6. The zero-order valence-corrected chi connectivity index (χ0v) is 19.4. The van der Waals surface area contributed by atoms with Crippen molar-refractivity contribution in [1.29, 1.82) is 0 Å². The van der Waals surface area contributed by atoms with E-state index >= 15 is 0 Å². The lowest BCUT2D eigenvalue weighted by Crippen LogP contribution is -2.38. The van der Waals surface area contributed by atoms with Crippen LogP contribution < -0.4 is 26.3 Å². The molecule has 2 aromatic carbocycles. The van der Waals surface area contributed by atoms with Crippen molar-refractivity contribution < 1.29 is 18.8 Å². The second kappa shape index (κ2) is 9.65. The first kappa shape index (κ1) is 23.0. The van der Waals surface area contributed by atoms with Crippen LogP contribution in [0.4, 0.5) is 5.69 Å². The van der Waals surface area contributed by atoms with Crippen molar-refractivity contribution in [3.05, 3.63) is 70.5 Å². The van der Waals surface area contributed by atoms with Gasteiger partial charge in [-0.05, 0) is 29.8 Å². The Morgan fingerprint density at radius 2 is 1.75 bits per heavy atom. The van der Waals surface area contributed by atoms with Gasteiger partial charge in [0.15, 0.2) is 5.82 Å². The molecule has 3 N–H and O–H groups in total. The molecule has 168 valence electrons. The summed E-state index contributed by atoms with van der Waals surface area (Å²) >= 11 is 0. The normalized spacial score (nSPS) is 12.1. The third kappa shape index (κ3) is 5.94. The van der Waals surface area contributed by atoms with Gasteiger partial charge in [0.1, 0.15) is 11.8 Å². The van der Waals surface area contributed by atoms with Crippen LogP contribution in [0.25, 0.3) is 0 Å². The van der Waals surface area contributed by atoms with Crippen LogP contribution in [0.2, 0.25) is 19.6 Å². The molecule has 0 bridgehead atoms. The molecule has 0 spiro atoms. The minimum absolute atomic E-state index is 0.0725. The second-order valence-electron chi connectivity index (χ2n) is 8.31. The molecule has 2 amide bonds. The fourth-order valence-corrected chi connectivity index (χ4v) is 4.23. The highest BCUT2D eigenvalue weighted by molar-refractivity contribution is 6.88. The van der Waals surface area contributed by atoms with Crippen LogP contribution in [0.3, 0.4) is 0 Å². The van der Waals surface area contributed by atoms with Crippen molar-refractivity contribution in [2.75, 3.05) is 12.4 Å². The van der Waals surface area contributed by atoms with Crippen molar-refractivity contribution in [2.24, 2.45) is 0 Å². The molecular weight excluding hydrogens is 428 g/mol.